The van der Waals surface area contributed by atoms with Gasteiger partial charge in [0.1, 0.15) is 5.69 Å². The Bertz CT molecular complexity index is 569. The average molecular weight is 243 g/mol. The predicted octanol–water partition coefficient (Wildman–Crippen LogP) is 2.42. The molecule has 0 fully saturated rings. The van der Waals surface area contributed by atoms with Crippen molar-refractivity contribution in [1.82, 2.24) is 9.97 Å². The Labute approximate surface area is 103 Å². The smallest absolute Gasteiger partial charge is 0.205 e. The predicted molar refractivity (Wildman–Crippen MR) is 65.5 cm³/mol. The third kappa shape index (κ3) is 2.98. The van der Waals surface area contributed by atoms with Crippen molar-refractivity contribution in [3.63, 3.8) is 0 Å². The number of hydrogen-bond acceptors (Lipinski definition) is 4. The standard InChI is InChI=1S/C13H10FN3O/c14-10-4-3-8-16-13(10)17-9-6-12(18)11-5-1-2-7-15-11/h1-9H,(H,16,17)/b9-6-. The number of pyridine rings is 2. The van der Waals surface area contributed by atoms with Crippen LogP contribution in [0.2, 0.25) is 0 Å². The first-order valence-corrected chi connectivity index (χ1v) is 5.26. The Morgan fingerprint density at radius 2 is 2.00 bits per heavy atom. The summed E-state index contributed by atoms with van der Waals surface area (Å²) in [6, 6.07) is 7.82. The molecule has 5 heteroatoms. The lowest BCUT2D eigenvalue weighted by molar-refractivity contribution is 0.104. The van der Waals surface area contributed by atoms with Crippen LogP contribution < -0.4 is 5.32 Å². The molecule has 0 aliphatic rings. The molecule has 0 amide bonds. The molecule has 2 heterocycles. The van der Waals surface area contributed by atoms with E-state index in [0.29, 0.717) is 5.69 Å². The number of nitrogens with one attached hydrogen (secondary N) is 1. The van der Waals surface area contributed by atoms with Gasteiger partial charge in [0.25, 0.3) is 0 Å². The minimum absolute atomic E-state index is 0.0718. The van der Waals surface area contributed by atoms with Crippen LogP contribution in [0.5, 0.6) is 0 Å². The fraction of sp³-hybridized carbons (Fsp3) is 0. The molecule has 0 bridgehead atoms. The second-order valence-corrected chi connectivity index (χ2v) is 3.39. The van der Waals surface area contributed by atoms with Crippen molar-refractivity contribution < 1.29 is 9.18 Å². The maximum atomic E-state index is 13.2. The van der Waals surface area contributed by atoms with Gasteiger partial charge in [0.15, 0.2) is 11.6 Å². The minimum atomic E-state index is -0.479. The van der Waals surface area contributed by atoms with Crippen LogP contribution in [0.25, 0.3) is 0 Å². The highest BCUT2D eigenvalue weighted by atomic mass is 19.1. The van der Waals surface area contributed by atoms with Gasteiger partial charge in [-0.25, -0.2) is 9.37 Å². The van der Waals surface area contributed by atoms with Crippen LogP contribution in [0.1, 0.15) is 10.5 Å². The number of rotatable bonds is 4. The highest BCUT2D eigenvalue weighted by Gasteiger charge is 2.02. The molecule has 0 radical (unpaired) electrons. The van der Waals surface area contributed by atoms with Crippen LogP contribution in [0.15, 0.2) is 55.0 Å². The monoisotopic (exact) mass is 243 g/mol. The largest absolute Gasteiger partial charge is 0.344 e. The molecule has 2 aromatic heterocycles. The van der Waals surface area contributed by atoms with Crippen molar-refractivity contribution in [3.05, 3.63) is 66.5 Å². The Hall–Kier alpha value is -2.56. The third-order valence-corrected chi connectivity index (χ3v) is 2.13. The molecule has 0 aliphatic heterocycles. The summed E-state index contributed by atoms with van der Waals surface area (Å²) in [4.78, 5) is 19.3. The summed E-state index contributed by atoms with van der Waals surface area (Å²) >= 11 is 0. The van der Waals surface area contributed by atoms with E-state index >= 15 is 0 Å². The van der Waals surface area contributed by atoms with Gasteiger partial charge in [0, 0.05) is 24.7 Å². The first-order chi connectivity index (χ1) is 8.77. The van der Waals surface area contributed by atoms with Crippen molar-refractivity contribution in [2.75, 3.05) is 5.32 Å². The van der Waals surface area contributed by atoms with E-state index in [1.165, 1.54) is 36.8 Å². The first kappa shape index (κ1) is 11.9. The molecule has 90 valence electrons. The highest BCUT2D eigenvalue weighted by Crippen LogP contribution is 2.08. The summed E-state index contributed by atoms with van der Waals surface area (Å²) in [5, 5.41) is 2.60. The lowest BCUT2D eigenvalue weighted by atomic mass is 10.2. The van der Waals surface area contributed by atoms with E-state index in [0.717, 1.165) is 0 Å². The van der Waals surface area contributed by atoms with Gasteiger partial charge >= 0.3 is 0 Å². The van der Waals surface area contributed by atoms with Gasteiger partial charge in [-0.3, -0.25) is 9.78 Å². The maximum Gasteiger partial charge on any atom is 0.205 e. The van der Waals surface area contributed by atoms with Crippen LogP contribution in [-0.4, -0.2) is 15.8 Å². The van der Waals surface area contributed by atoms with Gasteiger partial charge in [-0.15, -0.1) is 0 Å². The van der Waals surface area contributed by atoms with Crippen LogP contribution in [0, 0.1) is 5.82 Å². The van der Waals surface area contributed by atoms with Crippen LogP contribution in [-0.2, 0) is 0 Å². The second kappa shape index (κ2) is 5.67. The molecule has 4 nitrogen and oxygen atoms in total. The highest BCUT2D eigenvalue weighted by molar-refractivity contribution is 6.03. The number of halogens is 1. The number of anilines is 1. The number of aromatic nitrogens is 2. The number of hydrogen-bond donors (Lipinski definition) is 1. The topological polar surface area (TPSA) is 54.9 Å². The molecule has 0 spiro atoms. The Balaban J connectivity index is 2.01. The quantitative estimate of drug-likeness (QED) is 0.662. The van der Waals surface area contributed by atoms with E-state index in [9.17, 15) is 9.18 Å². The van der Waals surface area contributed by atoms with E-state index in [2.05, 4.69) is 15.3 Å². The van der Waals surface area contributed by atoms with Crippen molar-refractivity contribution in [2.24, 2.45) is 0 Å². The first-order valence-electron chi connectivity index (χ1n) is 5.26. The molecule has 1 N–H and O–H groups in total. The number of carbonyl (C=O) groups excluding carboxylic acids is 1. The molecule has 0 aromatic carbocycles. The Morgan fingerprint density at radius 1 is 1.17 bits per heavy atom. The van der Waals surface area contributed by atoms with Crippen LogP contribution in [0.3, 0.4) is 0 Å². The number of carbonyl (C=O) groups is 1. The molecule has 0 saturated heterocycles. The average Bonchev–Trinajstić information content (AvgIpc) is 2.42. The van der Waals surface area contributed by atoms with Gasteiger partial charge in [0.05, 0.1) is 0 Å². The van der Waals surface area contributed by atoms with Gasteiger partial charge in [0.2, 0.25) is 5.78 Å². The molecule has 18 heavy (non-hydrogen) atoms. The fourth-order valence-corrected chi connectivity index (χ4v) is 1.28. The van der Waals surface area contributed by atoms with Crippen molar-refractivity contribution in [1.29, 1.82) is 0 Å². The van der Waals surface area contributed by atoms with Crippen molar-refractivity contribution in [2.45, 2.75) is 0 Å². The summed E-state index contributed by atoms with van der Waals surface area (Å²) in [6.07, 6.45) is 5.60. The third-order valence-electron chi connectivity index (χ3n) is 2.13. The molecule has 0 atom stereocenters. The van der Waals surface area contributed by atoms with E-state index in [1.54, 1.807) is 18.2 Å². The molecule has 2 aromatic rings. The Morgan fingerprint density at radius 3 is 2.72 bits per heavy atom. The fourth-order valence-electron chi connectivity index (χ4n) is 1.28. The second-order valence-electron chi connectivity index (χ2n) is 3.39. The SMILES string of the molecule is O=C(/C=C\Nc1ncccc1F)c1ccccn1. The summed E-state index contributed by atoms with van der Waals surface area (Å²) in [7, 11) is 0. The number of ketones is 1. The maximum absolute atomic E-state index is 13.2. The van der Waals surface area contributed by atoms with Gasteiger partial charge in [-0.2, -0.15) is 0 Å². The minimum Gasteiger partial charge on any atom is -0.344 e. The summed E-state index contributed by atoms with van der Waals surface area (Å²) in [6.45, 7) is 0. The molecular formula is C13H10FN3O. The van der Waals surface area contributed by atoms with E-state index < -0.39 is 5.82 Å². The molecule has 0 saturated carbocycles. The zero-order valence-corrected chi connectivity index (χ0v) is 9.38. The van der Waals surface area contributed by atoms with Crippen LogP contribution in [0.4, 0.5) is 10.2 Å². The number of allylic oxidation sites excluding steroid dienone is 1. The van der Waals surface area contributed by atoms with E-state index in [1.807, 2.05) is 0 Å². The molecule has 0 aliphatic carbocycles. The normalized spacial score (nSPS) is 10.5. The zero-order chi connectivity index (χ0) is 12.8. The zero-order valence-electron chi connectivity index (χ0n) is 9.38. The summed E-state index contributed by atoms with van der Waals surface area (Å²) < 4.78 is 13.2. The summed E-state index contributed by atoms with van der Waals surface area (Å²) in [5.74, 6) is -0.672. The lowest BCUT2D eigenvalue weighted by Crippen LogP contribution is -2.00. The molecular weight excluding hydrogens is 233 g/mol. The Kier molecular flexibility index (Phi) is 3.76. The molecule has 2 rings (SSSR count). The van der Waals surface area contributed by atoms with Crippen LogP contribution >= 0.6 is 0 Å². The van der Waals surface area contributed by atoms with Crippen molar-refractivity contribution in [3.8, 4) is 0 Å². The van der Waals surface area contributed by atoms with Gasteiger partial charge < -0.3 is 5.32 Å². The molecule has 0 unspecified atom stereocenters. The lowest BCUT2D eigenvalue weighted by Gasteiger charge is -1.99. The number of nitrogens with zero attached hydrogens (tertiary/aromatic N) is 2. The van der Waals surface area contributed by atoms with Gasteiger partial charge in [-0.05, 0) is 24.3 Å². The van der Waals surface area contributed by atoms with E-state index in [4.69, 9.17) is 0 Å². The summed E-state index contributed by atoms with van der Waals surface area (Å²) in [5.41, 5.74) is 0.331. The van der Waals surface area contributed by atoms with Crippen molar-refractivity contribution >= 4 is 11.6 Å². The van der Waals surface area contributed by atoms with Gasteiger partial charge in [-0.1, -0.05) is 6.07 Å². The van der Waals surface area contributed by atoms with E-state index in [-0.39, 0.29) is 11.6 Å².